The molecule has 4 atom stereocenters. The van der Waals surface area contributed by atoms with E-state index in [1.807, 2.05) is 0 Å². The Labute approximate surface area is 103 Å². The summed E-state index contributed by atoms with van der Waals surface area (Å²) in [5.74, 6) is 0.399. The number of nitrogens with two attached hydrogens (primary N) is 2. The van der Waals surface area contributed by atoms with Gasteiger partial charge in [-0.3, -0.25) is 0 Å². The molecule has 18 heavy (non-hydrogen) atoms. The minimum atomic E-state index is -0.911. The van der Waals surface area contributed by atoms with Gasteiger partial charge in [0.2, 0.25) is 0 Å². The monoisotopic (exact) mass is 249 g/mol. The van der Waals surface area contributed by atoms with Crippen LogP contribution >= 0.6 is 0 Å². The smallest absolute Gasteiger partial charge is 0.145 e. The minimum Gasteiger partial charge on any atom is -0.389 e. The number of hydrogen-bond acceptors (Lipinski definition) is 6. The summed E-state index contributed by atoms with van der Waals surface area (Å²) in [5.41, 5.74) is 12.2. The summed E-state index contributed by atoms with van der Waals surface area (Å²) in [5, 5.41) is 20.5. The molecule has 0 aromatic carbocycles. The van der Waals surface area contributed by atoms with Gasteiger partial charge in [0.1, 0.15) is 23.9 Å². The van der Waals surface area contributed by atoms with Crippen LogP contribution < -0.4 is 11.5 Å². The predicted octanol–water partition coefficient (Wildman–Crippen LogP) is -0.993. The van der Waals surface area contributed by atoms with Gasteiger partial charge in [-0.05, 0) is 12.5 Å². The second-order valence-electron chi connectivity index (χ2n) is 4.67. The van der Waals surface area contributed by atoms with Crippen LogP contribution in [-0.2, 0) is 0 Å². The first kappa shape index (κ1) is 11.4. The van der Waals surface area contributed by atoms with Gasteiger partial charge in [-0.2, -0.15) is 0 Å². The third-order valence-corrected chi connectivity index (χ3v) is 3.59. The van der Waals surface area contributed by atoms with E-state index in [0.29, 0.717) is 17.9 Å². The average Bonchev–Trinajstić information content (AvgIpc) is 2.88. The third-order valence-electron chi connectivity index (χ3n) is 3.59. The predicted molar refractivity (Wildman–Crippen MR) is 65.6 cm³/mol. The van der Waals surface area contributed by atoms with Crippen molar-refractivity contribution < 1.29 is 10.2 Å². The number of fused-ring (bicyclic) bond motifs is 1. The lowest BCUT2D eigenvalue weighted by Crippen LogP contribution is -2.35. The molecule has 0 saturated heterocycles. The Bertz CT molecular complexity index is 584. The molecule has 0 spiro atoms. The maximum absolute atomic E-state index is 10.0. The quantitative estimate of drug-likeness (QED) is 0.514. The molecule has 0 aliphatic heterocycles. The van der Waals surface area contributed by atoms with Crippen LogP contribution in [0, 0.1) is 0 Å². The van der Waals surface area contributed by atoms with Crippen LogP contribution in [-0.4, -0.2) is 43.0 Å². The van der Waals surface area contributed by atoms with Crippen LogP contribution in [0.25, 0.3) is 11.0 Å². The molecular formula is C11H15N5O2. The molecule has 1 aliphatic carbocycles. The van der Waals surface area contributed by atoms with Gasteiger partial charge in [0, 0.05) is 12.2 Å². The molecule has 7 nitrogen and oxygen atoms in total. The fourth-order valence-corrected chi connectivity index (χ4v) is 2.57. The molecule has 1 aliphatic rings. The topological polar surface area (TPSA) is 123 Å². The Morgan fingerprint density at radius 3 is 2.72 bits per heavy atom. The van der Waals surface area contributed by atoms with Crippen molar-refractivity contribution in [3.63, 3.8) is 0 Å². The summed E-state index contributed by atoms with van der Waals surface area (Å²) >= 11 is 0. The zero-order chi connectivity index (χ0) is 12.9. The highest BCUT2D eigenvalue weighted by molar-refractivity contribution is 5.86. The molecule has 6 N–H and O–H groups in total. The normalized spacial score (nSPS) is 32.2. The average molecular weight is 249 g/mol. The molecular weight excluding hydrogens is 234 g/mol. The van der Waals surface area contributed by atoms with Gasteiger partial charge in [-0.15, -0.1) is 0 Å². The lowest BCUT2D eigenvalue weighted by molar-refractivity contribution is 0.0188. The molecule has 2 heterocycles. The number of aromatic nitrogens is 3. The van der Waals surface area contributed by atoms with E-state index in [0.717, 1.165) is 5.39 Å². The summed E-state index contributed by atoms with van der Waals surface area (Å²) in [6.45, 7) is 0. The van der Waals surface area contributed by atoms with Crippen molar-refractivity contribution in [1.82, 2.24) is 14.5 Å². The summed E-state index contributed by atoms with van der Waals surface area (Å²) in [4.78, 5) is 8.08. The molecule has 2 aromatic heterocycles. The van der Waals surface area contributed by atoms with Crippen LogP contribution in [0.1, 0.15) is 12.5 Å². The number of aliphatic hydroxyl groups excluding tert-OH is 2. The summed E-state index contributed by atoms with van der Waals surface area (Å²) in [6.07, 6.45) is 1.86. The first-order valence-electron chi connectivity index (χ1n) is 5.78. The van der Waals surface area contributed by atoms with Gasteiger partial charge >= 0.3 is 0 Å². The Balaban J connectivity index is 2.08. The van der Waals surface area contributed by atoms with Crippen LogP contribution in [0.15, 0.2) is 18.6 Å². The number of nitrogen functional groups attached to an aromatic ring is 1. The highest BCUT2D eigenvalue weighted by Crippen LogP contribution is 2.33. The number of hydrogen-bond donors (Lipinski definition) is 4. The van der Waals surface area contributed by atoms with E-state index >= 15 is 0 Å². The summed E-state index contributed by atoms with van der Waals surface area (Å²) < 4.78 is 1.80. The standard InChI is InChI=1S/C11H15N5O2/c12-6-3-7(9(18)8(6)17)16-2-1-5-10(13)14-4-15-11(5)16/h1-2,4,6-9,17-18H,3,12H2,(H2,13,14,15)/t6-,7+,8+,9-/m0/s1. The summed E-state index contributed by atoms with van der Waals surface area (Å²) in [7, 11) is 0. The fourth-order valence-electron chi connectivity index (χ4n) is 2.57. The van der Waals surface area contributed by atoms with Crippen molar-refractivity contribution in [1.29, 1.82) is 0 Å². The van der Waals surface area contributed by atoms with Gasteiger partial charge in [0.15, 0.2) is 0 Å². The molecule has 3 rings (SSSR count). The molecule has 0 bridgehead atoms. The van der Waals surface area contributed by atoms with Crippen LogP contribution in [0.4, 0.5) is 5.82 Å². The highest BCUT2D eigenvalue weighted by atomic mass is 16.3. The van der Waals surface area contributed by atoms with E-state index in [-0.39, 0.29) is 6.04 Å². The van der Waals surface area contributed by atoms with Gasteiger partial charge in [0.05, 0.1) is 17.5 Å². The Hall–Kier alpha value is -1.70. The first-order chi connectivity index (χ1) is 8.59. The minimum absolute atomic E-state index is 0.290. The van der Waals surface area contributed by atoms with E-state index in [1.54, 1.807) is 16.8 Å². The number of anilines is 1. The largest absolute Gasteiger partial charge is 0.389 e. The van der Waals surface area contributed by atoms with Crippen LogP contribution in [0.3, 0.4) is 0 Å². The van der Waals surface area contributed by atoms with E-state index < -0.39 is 18.2 Å². The van der Waals surface area contributed by atoms with Crippen molar-refractivity contribution in [2.75, 3.05) is 5.73 Å². The lowest BCUT2D eigenvalue weighted by Gasteiger charge is -2.18. The van der Waals surface area contributed by atoms with E-state index in [9.17, 15) is 10.2 Å². The van der Waals surface area contributed by atoms with E-state index in [2.05, 4.69) is 9.97 Å². The first-order valence-corrected chi connectivity index (χ1v) is 5.78. The molecule has 0 radical (unpaired) electrons. The number of aliphatic hydroxyl groups is 2. The van der Waals surface area contributed by atoms with Crippen molar-refractivity contribution in [3.8, 4) is 0 Å². The molecule has 0 amide bonds. The van der Waals surface area contributed by atoms with Crippen molar-refractivity contribution in [2.45, 2.75) is 30.7 Å². The molecule has 1 fully saturated rings. The maximum Gasteiger partial charge on any atom is 0.145 e. The van der Waals surface area contributed by atoms with E-state index in [4.69, 9.17) is 11.5 Å². The summed E-state index contributed by atoms with van der Waals surface area (Å²) in [6, 6.07) is 1.08. The molecule has 7 heteroatoms. The van der Waals surface area contributed by atoms with Crippen molar-refractivity contribution in [3.05, 3.63) is 18.6 Å². The lowest BCUT2D eigenvalue weighted by atomic mass is 10.2. The van der Waals surface area contributed by atoms with Gasteiger partial charge < -0.3 is 26.2 Å². The maximum atomic E-state index is 10.0. The SMILES string of the molecule is Nc1ncnc2c1ccn2[C@@H]1C[C@H](N)[C@@H](O)[C@H]1O. The van der Waals surface area contributed by atoms with E-state index in [1.165, 1.54) is 6.33 Å². The second-order valence-corrected chi connectivity index (χ2v) is 4.67. The Morgan fingerprint density at radius 2 is 2.06 bits per heavy atom. The highest BCUT2D eigenvalue weighted by Gasteiger charge is 2.40. The Morgan fingerprint density at radius 1 is 1.28 bits per heavy atom. The number of nitrogens with zero attached hydrogens (tertiary/aromatic N) is 3. The van der Waals surface area contributed by atoms with Gasteiger partial charge in [-0.25, -0.2) is 9.97 Å². The zero-order valence-corrected chi connectivity index (χ0v) is 9.64. The molecule has 1 saturated carbocycles. The molecule has 2 aromatic rings. The van der Waals surface area contributed by atoms with Crippen molar-refractivity contribution >= 4 is 16.9 Å². The second kappa shape index (κ2) is 3.91. The fraction of sp³-hybridized carbons (Fsp3) is 0.455. The van der Waals surface area contributed by atoms with Gasteiger partial charge in [0.25, 0.3) is 0 Å². The number of rotatable bonds is 1. The van der Waals surface area contributed by atoms with Crippen LogP contribution in [0.2, 0.25) is 0 Å². The zero-order valence-electron chi connectivity index (χ0n) is 9.64. The molecule has 0 unspecified atom stereocenters. The van der Waals surface area contributed by atoms with Crippen LogP contribution in [0.5, 0.6) is 0 Å². The molecule has 96 valence electrons. The van der Waals surface area contributed by atoms with Crippen molar-refractivity contribution in [2.24, 2.45) is 5.73 Å². The third kappa shape index (κ3) is 1.48. The van der Waals surface area contributed by atoms with Gasteiger partial charge in [-0.1, -0.05) is 0 Å². The Kier molecular flexibility index (Phi) is 2.47.